The Labute approximate surface area is 120 Å². The van der Waals surface area contributed by atoms with Gasteiger partial charge in [-0.25, -0.2) is 0 Å². The molecule has 3 rings (SSSR count). The number of hydrogen-bond acceptors (Lipinski definition) is 4. The van der Waals surface area contributed by atoms with Crippen LogP contribution in [0.3, 0.4) is 0 Å². The predicted molar refractivity (Wildman–Crippen MR) is 82.0 cm³/mol. The highest BCUT2D eigenvalue weighted by Gasteiger charge is 2.27. The van der Waals surface area contributed by atoms with Crippen LogP contribution in [-0.2, 0) is 0 Å². The fourth-order valence-electron chi connectivity index (χ4n) is 3.40. The smallest absolute Gasteiger partial charge is 0.162 e. The summed E-state index contributed by atoms with van der Waals surface area (Å²) in [7, 11) is 3.36. The highest BCUT2D eigenvalue weighted by Crippen LogP contribution is 2.40. The van der Waals surface area contributed by atoms with E-state index in [0.717, 1.165) is 29.4 Å². The number of methoxy groups -OCH3 is 2. The van der Waals surface area contributed by atoms with Gasteiger partial charge in [-0.2, -0.15) is 0 Å². The Morgan fingerprint density at radius 2 is 1.65 bits per heavy atom. The van der Waals surface area contributed by atoms with Crippen LogP contribution in [0.1, 0.15) is 32.1 Å². The fraction of sp³-hybridized carbons (Fsp3) is 0.625. The molecule has 1 saturated carbocycles. The van der Waals surface area contributed by atoms with Crippen LogP contribution in [0.15, 0.2) is 12.1 Å². The van der Waals surface area contributed by atoms with Crippen molar-refractivity contribution in [2.75, 3.05) is 31.4 Å². The molecule has 0 amide bonds. The summed E-state index contributed by atoms with van der Waals surface area (Å²) in [6, 6.07) is 4.66. The van der Waals surface area contributed by atoms with E-state index in [0.29, 0.717) is 12.0 Å². The van der Waals surface area contributed by atoms with E-state index in [1.165, 1.54) is 32.1 Å². The molecular weight excluding hydrogens is 252 g/mol. The first-order valence-corrected chi connectivity index (χ1v) is 7.58. The van der Waals surface area contributed by atoms with E-state index in [-0.39, 0.29) is 0 Å². The maximum Gasteiger partial charge on any atom is 0.162 e. The van der Waals surface area contributed by atoms with Gasteiger partial charge in [0.05, 0.1) is 25.6 Å². The predicted octanol–water partition coefficient (Wildman–Crippen LogP) is 3.49. The lowest BCUT2D eigenvalue weighted by Gasteiger charge is -2.23. The summed E-state index contributed by atoms with van der Waals surface area (Å²) in [6.45, 7) is 1.04. The highest BCUT2D eigenvalue weighted by atomic mass is 16.5. The molecule has 1 aliphatic carbocycles. The Kier molecular flexibility index (Phi) is 3.90. The summed E-state index contributed by atoms with van der Waals surface area (Å²) in [5, 5.41) is 7.31. The molecule has 2 aliphatic rings. The Bertz CT molecular complexity index is 476. The maximum atomic E-state index is 5.41. The average molecular weight is 276 g/mol. The molecule has 110 valence electrons. The van der Waals surface area contributed by atoms with E-state index in [9.17, 15) is 0 Å². The summed E-state index contributed by atoms with van der Waals surface area (Å²) >= 11 is 0. The topological polar surface area (TPSA) is 42.5 Å². The van der Waals surface area contributed by atoms with Crippen molar-refractivity contribution in [2.45, 2.75) is 38.1 Å². The third-order valence-corrected chi connectivity index (χ3v) is 4.58. The molecule has 2 atom stereocenters. The Morgan fingerprint density at radius 1 is 0.950 bits per heavy atom. The van der Waals surface area contributed by atoms with Gasteiger partial charge in [-0.3, -0.25) is 0 Å². The molecule has 2 unspecified atom stereocenters. The lowest BCUT2D eigenvalue weighted by Crippen LogP contribution is -2.30. The molecular formula is C16H24N2O2. The van der Waals surface area contributed by atoms with Crippen LogP contribution in [0.4, 0.5) is 11.4 Å². The minimum atomic E-state index is 0.573. The number of anilines is 2. The van der Waals surface area contributed by atoms with Gasteiger partial charge < -0.3 is 20.1 Å². The Morgan fingerprint density at radius 3 is 2.40 bits per heavy atom. The first kappa shape index (κ1) is 13.4. The van der Waals surface area contributed by atoms with Crippen molar-refractivity contribution < 1.29 is 9.47 Å². The number of ether oxygens (including phenoxy) is 2. The molecule has 4 nitrogen and oxygen atoms in total. The molecule has 0 bridgehead atoms. The van der Waals surface area contributed by atoms with Gasteiger partial charge in [0.1, 0.15) is 0 Å². The summed E-state index contributed by atoms with van der Waals surface area (Å²) < 4.78 is 10.8. The zero-order valence-corrected chi connectivity index (χ0v) is 12.4. The fourth-order valence-corrected chi connectivity index (χ4v) is 3.40. The van der Waals surface area contributed by atoms with E-state index in [2.05, 4.69) is 16.7 Å². The van der Waals surface area contributed by atoms with E-state index in [1.54, 1.807) is 14.2 Å². The molecule has 2 N–H and O–H groups in total. The second-order valence-electron chi connectivity index (χ2n) is 5.78. The quantitative estimate of drug-likeness (QED) is 0.867. The van der Waals surface area contributed by atoms with E-state index in [1.807, 2.05) is 6.07 Å². The minimum absolute atomic E-state index is 0.573. The van der Waals surface area contributed by atoms with Crippen molar-refractivity contribution in [1.82, 2.24) is 0 Å². The van der Waals surface area contributed by atoms with Gasteiger partial charge in [-0.1, -0.05) is 19.3 Å². The molecule has 4 heteroatoms. The van der Waals surface area contributed by atoms with Gasteiger partial charge in [0.25, 0.3) is 0 Å². The molecule has 20 heavy (non-hydrogen) atoms. The lowest BCUT2D eigenvalue weighted by molar-refractivity contribution is 0.355. The summed E-state index contributed by atoms with van der Waals surface area (Å²) in [6.07, 6.45) is 6.63. The van der Waals surface area contributed by atoms with Gasteiger partial charge in [0.15, 0.2) is 11.5 Å². The number of nitrogens with one attached hydrogen (secondary N) is 2. The minimum Gasteiger partial charge on any atom is -0.493 e. The molecule has 0 spiro atoms. The molecule has 1 heterocycles. The molecule has 1 aliphatic heterocycles. The Balaban J connectivity index is 1.91. The maximum absolute atomic E-state index is 5.41. The lowest BCUT2D eigenvalue weighted by atomic mass is 9.95. The number of rotatable bonds is 2. The van der Waals surface area contributed by atoms with Gasteiger partial charge in [-0.15, -0.1) is 0 Å². The van der Waals surface area contributed by atoms with Gasteiger partial charge in [-0.05, 0) is 18.8 Å². The molecule has 0 aromatic heterocycles. The van der Waals surface area contributed by atoms with Crippen LogP contribution in [0, 0.1) is 5.92 Å². The standard InChI is InChI=1S/C16H24N2O2/c1-19-15-8-13-14(9-16(15)20-2)18-12-7-5-3-4-6-11(12)10-17-13/h8-9,11-12,17-18H,3-7,10H2,1-2H3. The Hall–Kier alpha value is -1.58. The van der Waals surface area contributed by atoms with Gasteiger partial charge in [0.2, 0.25) is 0 Å². The van der Waals surface area contributed by atoms with Crippen LogP contribution in [0.5, 0.6) is 11.5 Å². The van der Waals surface area contributed by atoms with Crippen molar-refractivity contribution in [3.05, 3.63) is 12.1 Å². The molecule has 0 radical (unpaired) electrons. The molecule has 1 aromatic carbocycles. The normalized spacial score (nSPS) is 25.1. The second kappa shape index (κ2) is 5.81. The van der Waals surface area contributed by atoms with Crippen LogP contribution in [0.2, 0.25) is 0 Å². The summed E-state index contributed by atoms with van der Waals surface area (Å²) in [4.78, 5) is 0. The van der Waals surface area contributed by atoms with Crippen molar-refractivity contribution in [2.24, 2.45) is 5.92 Å². The molecule has 1 aromatic rings. The van der Waals surface area contributed by atoms with Crippen molar-refractivity contribution >= 4 is 11.4 Å². The van der Waals surface area contributed by atoms with Crippen LogP contribution >= 0.6 is 0 Å². The summed E-state index contributed by atoms with van der Waals surface area (Å²) in [5.74, 6) is 2.28. The zero-order chi connectivity index (χ0) is 13.9. The van der Waals surface area contributed by atoms with Gasteiger partial charge >= 0.3 is 0 Å². The first-order chi connectivity index (χ1) is 9.81. The van der Waals surface area contributed by atoms with Crippen LogP contribution in [0.25, 0.3) is 0 Å². The van der Waals surface area contributed by atoms with Crippen LogP contribution in [-0.4, -0.2) is 26.8 Å². The SMILES string of the molecule is COc1cc2c(cc1OC)NC1CCCCCC1CN2. The van der Waals surface area contributed by atoms with E-state index >= 15 is 0 Å². The van der Waals surface area contributed by atoms with Crippen molar-refractivity contribution in [1.29, 1.82) is 0 Å². The van der Waals surface area contributed by atoms with Crippen molar-refractivity contribution in [3.8, 4) is 11.5 Å². The third-order valence-electron chi connectivity index (χ3n) is 4.58. The van der Waals surface area contributed by atoms with Gasteiger partial charge in [0, 0.05) is 24.7 Å². The van der Waals surface area contributed by atoms with E-state index in [4.69, 9.17) is 9.47 Å². The summed E-state index contributed by atoms with van der Waals surface area (Å²) in [5.41, 5.74) is 2.26. The second-order valence-corrected chi connectivity index (χ2v) is 5.78. The first-order valence-electron chi connectivity index (χ1n) is 7.58. The molecule has 1 fully saturated rings. The highest BCUT2D eigenvalue weighted by molar-refractivity contribution is 5.75. The van der Waals surface area contributed by atoms with Crippen LogP contribution < -0.4 is 20.1 Å². The average Bonchev–Trinajstić information content (AvgIpc) is 2.78. The number of benzene rings is 1. The molecule has 0 saturated heterocycles. The number of hydrogen-bond donors (Lipinski definition) is 2. The van der Waals surface area contributed by atoms with Crippen molar-refractivity contribution in [3.63, 3.8) is 0 Å². The number of fused-ring (bicyclic) bond motifs is 2. The largest absolute Gasteiger partial charge is 0.493 e. The monoisotopic (exact) mass is 276 g/mol. The zero-order valence-electron chi connectivity index (χ0n) is 12.4. The van der Waals surface area contributed by atoms with E-state index < -0.39 is 0 Å². The third kappa shape index (κ3) is 2.51.